The second kappa shape index (κ2) is 8.74. The van der Waals surface area contributed by atoms with Gasteiger partial charge in [0.15, 0.2) is 11.5 Å². The topological polar surface area (TPSA) is 59.9 Å². The van der Waals surface area contributed by atoms with Crippen LogP contribution in [0.25, 0.3) is 0 Å². The average molecular weight is 381 g/mol. The fraction of sp³-hybridized carbons (Fsp3) is 0.222. The molecule has 1 amide bonds. The monoisotopic (exact) mass is 380 g/mol. The Bertz CT molecular complexity index is 792. The number of amides is 1. The molecule has 0 fully saturated rings. The first-order chi connectivity index (χ1) is 11.9. The van der Waals surface area contributed by atoms with Crippen LogP contribution < -0.4 is 14.9 Å². The fourth-order valence-corrected chi connectivity index (χ4v) is 2.51. The van der Waals surface area contributed by atoms with Gasteiger partial charge in [0.05, 0.1) is 30.0 Å². The highest BCUT2D eigenvalue weighted by atomic mass is 35.5. The molecule has 7 heteroatoms. The minimum Gasteiger partial charge on any atom is -0.493 e. The van der Waals surface area contributed by atoms with Crippen molar-refractivity contribution in [3.63, 3.8) is 0 Å². The van der Waals surface area contributed by atoms with Crippen molar-refractivity contribution >= 4 is 35.3 Å². The smallest absolute Gasteiger partial charge is 0.272 e. The average Bonchev–Trinajstić information content (AvgIpc) is 2.55. The number of hydrogen-bond donors (Lipinski definition) is 1. The zero-order valence-corrected chi connectivity index (χ0v) is 15.6. The van der Waals surface area contributed by atoms with Gasteiger partial charge in [-0.05, 0) is 55.8 Å². The zero-order chi connectivity index (χ0) is 18.4. The third-order valence-electron chi connectivity index (χ3n) is 3.11. The van der Waals surface area contributed by atoms with E-state index in [1.165, 1.54) is 18.3 Å². The lowest BCUT2D eigenvalue weighted by atomic mass is 10.2. The Balaban J connectivity index is 2.07. The molecule has 0 spiro atoms. The molecule has 0 unspecified atom stereocenters. The van der Waals surface area contributed by atoms with E-state index in [0.29, 0.717) is 22.1 Å². The lowest BCUT2D eigenvalue weighted by Crippen LogP contribution is -2.18. The van der Waals surface area contributed by atoms with Crippen LogP contribution >= 0.6 is 23.2 Å². The van der Waals surface area contributed by atoms with Gasteiger partial charge in [0.25, 0.3) is 5.91 Å². The van der Waals surface area contributed by atoms with Crippen LogP contribution in [0.15, 0.2) is 41.5 Å². The van der Waals surface area contributed by atoms with Crippen LogP contribution in [0, 0.1) is 0 Å². The first-order valence-corrected chi connectivity index (χ1v) is 8.29. The van der Waals surface area contributed by atoms with Crippen molar-refractivity contribution in [2.75, 3.05) is 7.11 Å². The predicted octanol–water partition coefficient (Wildman–Crippen LogP) is 4.55. The highest BCUT2D eigenvalue weighted by molar-refractivity contribution is 6.36. The normalized spacial score (nSPS) is 11.0. The number of hydrazone groups is 1. The lowest BCUT2D eigenvalue weighted by Gasteiger charge is -2.13. The highest BCUT2D eigenvalue weighted by Gasteiger charge is 2.10. The number of benzene rings is 2. The Kier molecular flexibility index (Phi) is 6.67. The molecule has 0 aliphatic heterocycles. The summed E-state index contributed by atoms with van der Waals surface area (Å²) in [5.74, 6) is 0.806. The van der Waals surface area contributed by atoms with Crippen LogP contribution in [0.3, 0.4) is 0 Å². The van der Waals surface area contributed by atoms with Crippen LogP contribution in [0.1, 0.15) is 29.8 Å². The largest absolute Gasteiger partial charge is 0.493 e. The predicted molar refractivity (Wildman–Crippen MR) is 100 cm³/mol. The van der Waals surface area contributed by atoms with Crippen LogP contribution in [0.4, 0.5) is 0 Å². The quantitative estimate of drug-likeness (QED) is 0.590. The molecule has 2 rings (SSSR count). The van der Waals surface area contributed by atoms with Gasteiger partial charge in [-0.3, -0.25) is 4.79 Å². The molecule has 0 radical (unpaired) electrons. The summed E-state index contributed by atoms with van der Waals surface area (Å²) in [5.41, 5.74) is 3.46. The van der Waals surface area contributed by atoms with Crippen LogP contribution in [-0.4, -0.2) is 25.3 Å². The summed E-state index contributed by atoms with van der Waals surface area (Å²) >= 11 is 11.8. The number of carbonyl (C=O) groups excluding carboxylic acids is 1. The second-order valence-corrected chi connectivity index (χ2v) is 6.24. The van der Waals surface area contributed by atoms with Crippen LogP contribution in [0.2, 0.25) is 10.0 Å². The molecular weight excluding hydrogens is 363 g/mol. The standard InChI is InChI=1S/C18H18Cl2N2O3/c1-11(2)25-16-7-4-12(8-17(16)24-3)10-21-22-18(23)14-6-5-13(19)9-15(14)20/h4-11H,1-3H3,(H,22,23)/b21-10+. The summed E-state index contributed by atoms with van der Waals surface area (Å²) in [5, 5.41) is 4.66. The molecule has 0 saturated carbocycles. The highest BCUT2D eigenvalue weighted by Crippen LogP contribution is 2.28. The van der Waals surface area contributed by atoms with Gasteiger partial charge >= 0.3 is 0 Å². The number of ether oxygens (including phenoxy) is 2. The zero-order valence-electron chi connectivity index (χ0n) is 14.0. The lowest BCUT2D eigenvalue weighted by molar-refractivity contribution is 0.0955. The molecule has 132 valence electrons. The van der Waals surface area contributed by atoms with Crippen LogP contribution in [0.5, 0.6) is 11.5 Å². The van der Waals surface area contributed by atoms with Crippen molar-refractivity contribution in [2.45, 2.75) is 20.0 Å². The van der Waals surface area contributed by atoms with Crippen molar-refractivity contribution in [1.29, 1.82) is 0 Å². The molecular formula is C18H18Cl2N2O3. The third-order valence-corrected chi connectivity index (χ3v) is 3.65. The first-order valence-electron chi connectivity index (χ1n) is 7.54. The number of methoxy groups -OCH3 is 1. The summed E-state index contributed by atoms with van der Waals surface area (Å²) in [7, 11) is 1.56. The Morgan fingerprint density at radius 1 is 1.16 bits per heavy atom. The molecule has 0 aliphatic carbocycles. The molecule has 1 N–H and O–H groups in total. The Morgan fingerprint density at radius 3 is 2.56 bits per heavy atom. The van der Waals surface area contributed by atoms with E-state index < -0.39 is 5.91 Å². The van der Waals surface area contributed by atoms with Crippen molar-refractivity contribution in [1.82, 2.24) is 5.43 Å². The van der Waals surface area contributed by atoms with E-state index in [1.54, 1.807) is 25.3 Å². The summed E-state index contributed by atoms with van der Waals surface area (Å²) in [6.45, 7) is 3.87. The molecule has 25 heavy (non-hydrogen) atoms. The summed E-state index contributed by atoms with van der Waals surface area (Å²) < 4.78 is 11.0. The second-order valence-electron chi connectivity index (χ2n) is 5.40. The summed E-state index contributed by atoms with van der Waals surface area (Å²) in [4.78, 5) is 12.1. The first kappa shape index (κ1) is 19.1. The summed E-state index contributed by atoms with van der Waals surface area (Å²) in [6, 6.07) is 9.99. The number of carbonyl (C=O) groups is 1. The third kappa shape index (κ3) is 5.37. The molecule has 2 aromatic carbocycles. The molecule has 0 aromatic heterocycles. The Morgan fingerprint density at radius 2 is 1.92 bits per heavy atom. The van der Waals surface area contributed by atoms with Crippen LogP contribution in [-0.2, 0) is 0 Å². The molecule has 5 nitrogen and oxygen atoms in total. The summed E-state index contributed by atoms with van der Waals surface area (Å²) in [6.07, 6.45) is 1.54. The van der Waals surface area contributed by atoms with Gasteiger partial charge in [-0.1, -0.05) is 23.2 Å². The van der Waals surface area contributed by atoms with Crippen molar-refractivity contribution in [3.8, 4) is 11.5 Å². The van der Waals surface area contributed by atoms with Gasteiger partial charge in [0.2, 0.25) is 0 Å². The van der Waals surface area contributed by atoms with E-state index >= 15 is 0 Å². The van der Waals surface area contributed by atoms with Gasteiger partial charge in [-0.25, -0.2) is 5.43 Å². The number of halogens is 2. The molecule has 2 aromatic rings. The minimum absolute atomic E-state index is 0.0387. The van der Waals surface area contributed by atoms with Gasteiger partial charge in [-0.2, -0.15) is 5.10 Å². The molecule has 0 bridgehead atoms. The maximum Gasteiger partial charge on any atom is 0.272 e. The van der Waals surface area contributed by atoms with E-state index in [1.807, 2.05) is 19.9 Å². The Hall–Kier alpha value is -2.24. The van der Waals surface area contributed by atoms with Crippen molar-refractivity contribution < 1.29 is 14.3 Å². The number of hydrogen-bond acceptors (Lipinski definition) is 4. The van der Waals surface area contributed by atoms with Gasteiger partial charge < -0.3 is 9.47 Å². The number of nitrogens with one attached hydrogen (secondary N) is 1. The van der Waals surface area contributed by atoms with E-state index in [4.69, 9.17) is 32.7 Å². The van der Waals surface area contributed by atoms with Gasteiger partial charge in [0.1, 0.15) is 0 Å². The molecule has 0 atom stereocenters. The molecule has 0 heterocycles. The SMILES string of the molecule is COc1cc(/C=N/NC(=O)c2ccc(Cl)cc2Cl)ccc1OC(C)C. The number of rotatable bonds is 6. The van der Waals surface area contributed by atoms with E-state index in [0.717, 1.165) is 5.56 Å². The fourth-order valence-electron chi connectivity index (χ4n) is 2.02. The van der Waals surface area contributed by atoms with E-state index in [9.17, 15) is 4.79 Å². The maximum atomic E-state index is 12.1. The van der Waals surface area contributed by atoms with Gasteiger partial charge in [0, 0.05) is 5.02 Å². The van der Waals surface area contributed by atoms with E-state index in [-0.39, 0.29) is 11.1 Å². The Labute approximate surface area is 156 Å². The van der Waals surface area contributed by atoms with Crippen molar-refractivity contribution in [3.05, 3.63) is 57.6 Å². The minimum atomic E-state index is -0.426. The number of nitrogens with zero attached hydrogens (tertiary/aromatic N) is 1. The molecule has 0 aliphatic rings. The maximum absolute atomic E-state index is 12.1. The van der Waals surface area contributed by atoms with Crippen molar-refractivity contribution in [2.24, 2.45) is 5.10 Å². The van der Waals surface area contributed by atoms with Gasteiger partial charge in [-0.15, -0.1) is 0 Å². The van der Waals surface area contributed by atoms with E-state index in [2.05, 4.69) is 10.5 Å². The molecule has 0 saturated heterocycles.